The number of thiazole rings is 1. The highest BCUT2D eigenvalue weighted by molar-refractivity contribution is 7.18. The maximum Gasteiger partial charge on any atom is 0.108 e. The average Bonchev–Trinajstić information content (AvgIpc) is 3.11. The van der Waals surface area contributed by atoms with Gasteiger partial charge in [-0.2, -0.15) is 0 Å². The maximum atomic E-state index is 4.67. The molecule has 3 rings (SSSR count). The third-order valence-corrected chi connectivity index (χ3v) is 4.72. The van der Waals surface area contributed by atoms with Crippen molar-refractivity contribution in [3.8, 4) is 0 Å². The molecule has 1 atom stereocenters. The van der Waals surface area contributed by atoms with Gasteiger partial charge in [0, 0.05) is 12.6 Å². The molecule has 96 valence electrons. The highest BCUT2D eigenvalue weighted by atomic mass is 32.1. The zero-order chi connectivity index (χ0) is 12.4. The number of aromatic nitrogens is 1. The fraction of sp³-hybridized carbons (Fsp3) is 0.533. The second-order valence-corrected chi connectivity index (χ2v) is 6.36. The van der Waals surface area contributed by atoms with Gasteiger partial charge in [-0.3, -0.25) is 0 Å². The lowest BCUT2D eigenvalue weighted by Crippen LogP contribution is -2.28. The summed E-state index contributed by atoms with van der Waals surface area (Å²) in [6, 6.07) is 9.06. The molecule has 0 aliphatic heterocycles. The van der Waals surface area contributed by atoms with Gasteiger partial charge in [-0.15, -0.1) is 11.3 Å². The highest BCUT2D eigenvalue weighted by Gasteiger charge is 2.24. The van der Waals surface area contributed by atoms with Gasteiger partial charge < -0.3 is 5.32 Å². The van der Waals surface area contributed by atoms with Crippen molar-refractivity contribution in [2.45, 2.75) is 45.2 Å². The van der Waals surface area contributed by atoms with Crippen molar-refractivity contribution in [3.05, 3.63) is 29.3 Å². The minimum absolute atomic E-state index is 0.671. The summed E-state index contributed by atoms with van der Waals surface area (Å²) < 4.78 is 1.30. The molecular formula is C15H20N2S. The van der Waals surface area contributed by atoms with Crippen LogP contribution in [0.15, 0.2) is 24.3 Å². The molecule has 2 aromatic rings. The summed E-state index contributed by atoms with van der Waals surface area (Å²) in [6.45, 7) is 3.20. The van der Waals surface area contributed by atoms with Gasteiger partial charge in [0.2, 0.25) is 0 Å². The molecule has 0 bridgehead atoms. The lowest BCUT2D eigenvalue weighted by Gasteiger charge is -2.15. The molecule has 0 radical (unpaired) electrons. The number of fused-ring (bicyclic) bond motifs is 1. The molecule has 1 aliphatic carbocycles. The van der Waals surface area contributed by atoms with Gasteiger partial charge in [0.05, 0.1) is 10.2 Å². The Labute approximate surface area is 112 Å². The van der Waals surface area contributed by atoms with Crippen LogP contribution in [0.3, 0.4) is 0 Å². The second-order valence-electron chi connectivity index (χ2n) is 5.24. The number of hydrogen-bond acceptors (Lipinski definition) is 3. The summed E-state index contributed by atoms with van der Waals surface area (Å²) in [5.74, 6) is 0.998. The Balaban J connectivity index is 1.60. The number of para-hydroxylation sites is 1. The SMILES string of the molecule is CCC(CC1CC1)NCc1nc2ccccc2s1. The van der Waals surface area contributed by atoms with E-state index >= 15 is 0 Å². The first-order valence-electron chi connectivity index (χ1n) is 6.93. The third kappa shape index (κ3) is 2.90. The van der Waals surface area contributed by atoms with Crippen LogP contribution >= 0.6 is 11.3 Å². The lowest BCUT2D eigenvalue weighted by molar-refractivity contribution is 0.444. The van der Waals surface area contributed by atoms with Crippen molar-refractivity contribution in [1.82, 2.24) is 10.3 Å². The smallest absolute Gasteiger partial charge is 0.108 e. The number of nitrogens with zero attached hydrogens (tertiary/aromatic N) is 1. The Hall–Kier alpha value is -0.930. The fourth-order valence-corrected chi connectivity index (χ4v) is 3.30. The molecule has 1 fully saturated rings. The molecule has 1 aromatic carbocycles. The van der Waals surface area contributed by atoms with E-state index in [1.807, 2.05) is 11.3 Å². The van der Waals surface area contributed by atoms with Gasteiger partial charge in [0.1, 0.15) is 5.01 Å². The van der Waals surface area contributed by atoms with E-state index in [9.17, 15) is 0 Å². The minimum Gasteiger partial charge on any atom is -0.308 e. The first-order chi connectivity index (χ1) is 8.85. The van der Waals surface area contributed by atoms with E-state index in [1.54, 1.807) is 0 Å². The first-order valence-corrected chi connectivity index (χ1v) is 7.74. The van der Waals surface area contributed by atoms with Gasteiger partial charge in [0.25, 0.3) is 0 Å². The molecule has 0 amide bonds. The number of benzene rings is 1. The summed E-state index contributed by atoms with van der Waals surface area (Å²) in [5, 5.41) is 4.88. The van der Waals surface area contributed by atoms with Crippen LogP contribution in [0.5, 0.6) is 0 Å². The molecule has 1 unspecified atom stereocenters. The van der Waals surface area contributed by atoms with Crippen LogP contribution in [0.1, 0.15) is 37.6 Å². The molecule has 2 nitrogen and oxygen atoms in total. The third-order valence-electron chi connectivity index (χ3n) is 3.69. The average molecular weight is 260 g/mol. The molecule has 0 spiro atoms. The normalized spacial score (nSPS) is 17.2. The van der Waals surface area contributed by atoms with E-state index in [0.29, 0.717) is 6.04 Å². The Morgan fingerprint density at radius 3 is 2.94 bits per heavy atom. The van der Waals surface area contributed by atoms with E-state index in [-0.39, 0.29) is 0 Å². The standard InChI is InChI=1S/C15H20N2S/c1-2-12(9-11-7-8-11)16-10-15-17-13-5-3-4-6-14(13)18-15/h3-6,11-12,16H,2,7-10H2,1H3. The Morgan fingerprint density at radius 2 is 2.22 bits per heavy atom. The Bertz CT molecular complexity index is 483. The van der Waals surface area contributed by atoms with Crippen LogP contribution in [0, 0.1) is 5.92 Å². The van der Waals surface area contributed by atoms with E-state index in [2.05, 4.69) is 41.5 Å². The van der Waals surface area contributed by atoms with Gasteiger partial charge in [-0.1, -0.05) is 31.9 Å². The summed E-state index contributed by atoms with van der Waals surface area (Å²) in [4.78, 5) is 4.67. The number of rotatable bonds is 6. The largest absolute Gasteiger partial charge is 0.308 e. The zero-order valence-electron chi connectivity index (χ0n) is 10.9. The monoisotopic (exact) mass is 260 g/mol. The lowest BCUT2D eigenvalue weighted by atomic mass is 10.1. The number of nitrogens with one attached hydrogen (secondary N) is 1. The summed E-state index contributed by atoms with van der Waals surface area (Å²) >= 11 is 1.81. The zero-order valence-corrected chi connectivity index (χ0v) is 11.7. The van der Waals surface area contributed by atoms with Crippen LogP contribution in [0.25, 0.3) is 10.2 Å². The molecule has 1 heterocycles. The van der Waals surface area contributed by atoms with Crippen LogP contribution in [0.2, 0.25) is 0 Å². The van der Waals surface area contributed by atoms with Crippen LogP contribution in [-0.2, 0) is 6.54 Å². The van der Waals surface area contributed by atoms with E-state index in [0.717, 1.165) is 18.0 Å². The Kier molecular flexibility index (Phi) is 3.62. The van der Waals surface area contributed by atoms with Crippen LogP contribution in [-0.4, -0.2) is 11.0 Å². The molecule has 0 saturated heterocycles. The topological polar surface area (TPSA) is 24.9 Å². The molecule has 18 heavy (non-hydrogen) atoms. The Morgan fingerprint density at radius 1 is 1.39 bits per heavy atom. The van der Waals surface area contributed by atoms with E-state index < -0.39 is 0 Å². The number of hydrogen-bond donors (Lipinski definition) is 1. The van der Waals surface area contributed by atoms with Crippen molar-refractivity contribution >= 4 is 21.6 Å². The highest BCUT2D eigenvalue weighted by Crippen LogP contribution is 2.34. The molecular weight excluding hydrogens is 240 g/mol. The van der Waals surface area contributed by atoms with E-state index in [1.165, 1.54) is 35.4 Å². The van der Waals surface area contributed by atoms with Gasteiger partial charge >= 0.3 is 0 Å². The maximum absolute atomic E-state index is 4.67. The summed E-state index contributed by atoms with van der Waals surface area (Å²) in [7, 11) is 0. The first kappa shape index (κ1) is 12.1. The summed E-state index contributed by atoms with van der Waals surface area (Å²) in [5.41, 5.74) is 1.13. The van der Waals surface area contributed by atoms with Gasteiger partial charge in [0.15, 0.2) is 0 Å². The molecule has 1 saturated carbocycles. The van der Waals surface area contributed by atoms with Gasteiger partial charge in [-0.05, 0) is 30.9 Å². The predicted molar refractivity (Wildman–Crippen MR) is 77.9 cm³/mol. The quantitative estimate of drug-likeness (QED) is 0.850. The second kappa shape index (κ2) is 5.37. The van der Waals surface area contributed by atoms with Crippen molar-refractivity contribution in [2.75, 3.05) is 0 Å². The molecule has 1 aromatic heterocycles. The van der Waals surface area contributed by atoms with E-state index in [4.69, 9.17) is 0 Å². The van der Waals surface area contributed by atoms with Crippen LogP contribution in [0.4, 0.5) is 0 Å². The predicted octanol–water partition coefficient (Wildman–Crippen LogP) is 3.96. The van der Waals surface area contributed by atoms with Crippen LogP contribution < -0.4 is 5.32 Å². The van der Waals surface area contributed by atoms with Crippen molar-refractivity contribution < 1.29 is 0 Å². The fourth-order valence-electron chi connectivity index (χ4n) is 2.38. The molecule has 1 aliphatic rings. The van der Waals surface area contributed by atoms with Crippen molar-refractivity contribution in [3.63, 3.8) is 0 Å². The molecule has 1 N–H and O–H groups in total. The molecule has 3 heteroatoms. The van der Waals surface area contributed by atoms with Crippen molar-refractivity contribution in [2.24, 2.45) is 5.92 Å². The minimum atomic E-state index is 0.671. The summed E-state index contributed by atoms with van der Waals surface area (Å²) in [6.07, 6.45) is 5.46. The van der Waals surface area contributed by atoms with Crippen molar-refractivity contribution in [1.29, 1.82) is 0 Å². The van der Waals surface area contributed by atoms with Gasteiger partial charge in [-0.25, -0.2) is 4.98 Å².